The van der Waals surface area contributed by atoms with E-state index in [1.54, 1.807) is 0 Å². The van der Waals surface area contributed by atoms with E-state index in [4.69, 9.17) is 16.3 Å². The van der Waals surface area contributed by atoms with E-state index in [0.717, 1.165) is 6.54 Å². The molecule has 1 amide bonds. The van der Waals surface area contributed by atoms with Gasteiger partial charge >= 0.3 is 0 Å². The van der Waals surface area contributed by atoms with Gasteiger partial charge in [-0.2, -0.15) is 0 Å². The Balaban J connectivity index is 1.95. The van der Waals surface area contributed by atoms with Gasteiger partial charge in [-0.25, -0.2) is 0 Å². The molecule has 1 saturated heterocycles. The van der Waals surface area contributed by atoms with Crippen molar-refractivity contribution >= 4 is 28.9 Å². The molecule has 1 aliphatic heterocycles. The highest BCUT2D eigenvalue weighted by Gasteiger charge is 2.18. The molecule has 1 atom stereocenters. The SMILES string of the molecule is O=C(CC1COCCN1)Nc1ccc([N+](=O)[O-])cc1Cl. The molecule has 7 nitrogen and oxygen atoms in total. The maximum Gasteiger partial charge on any atom is 0.271 e. The van der Waals surface area contributed by atoms with Gasteiger partial charge in [-0.05, 0) is 6.07 Å². The fourth-order valence-corrected chi connectivity index (χ4v) is 2.12. The number of carbonyl (C=O) groups is 1. The molecule has 1 aliphatic rings. The number of nitro benzene ring substituents is 1. The van der Waals surface area contributed by atoms with Crippen LogP contribution in [0.1, 0.15) is 6.42 Å². The van der Waals surface area contributed by atoms with E-state index in [9.17, 15) is 14.9 Å². The average molecular weight is 300 g/mol. The van der Waals surface area contributed by atoms with Crippen molar-refractivity contribution in [2.75, 3.05) is 25.1 Å². The summed E-state index contributed by atoms with van der Waals surface area (Å²) in [6.07, 6.45) is 0.257. The smallest absolute Gasteiger partial charge is 0.271 e. The molecule has 1 unspecified atom stereocenters. The molecule has 20 heavy (non-hydrogen) atoms. The van der Waals surface area contributed by atoms with Gasteiger partial charge in [0.05, 0.1) is 28.8 Å². The predicted octanol–water partition coefficient (Wildman–Crippen LogP) is 1.57. The monoisotopic (exact) mass is 299 g/mol. The normalized spacial score (nSPS) is 18.6. The van der Waals surface area contributed by atoms with E-state index in [0.29, 0.717) is 18.9 Å². The molecule has 108 valence electrons. The summed E-state index contributed by atoms with van der Waals surface area (Å²) in [5.74, 6) is -0.219. The van der Waals surface area contributed by atoms with E-state index in [1.807, 2.05) is 0 Å². The van der Waals surface area contributed by atoms with Crippen molar-refractivity contribution < 1.29 is 14.5 Å². The Hall–Kier alpha value is -1.70. The number of carbonyl (C=O) groups excluding carboxylic acids is 1. The van der Waals surface area contributed by atoms with Gasteiger partial charge in [-0.15, -0.1) is 0 Å². The number of nitro groups is 1. The highest BCUT2D eigenvalue weighted by molar-refractivity contribution is 6.33. The molecule has 0 bridgehead atoms. The fourth-order valence-electron chi connectivity index (χ4n) is 1.89. The van der Waals surface area contributed by atoms with Crippen LogP contribution < -0.4 is 10.6 Å². The molecule has 0 aromatic heterocycles. The minimum absolute atomic E-state index is 0.0272. The van der Waals surface area contributed by atoms with Crippen LogP contribution in [0.2, 0.25) is 5.02 Å². The van der Waals surface area contributed by atoms with E-state index >= 15 is 0 Å². The van der Waals surface area contributed by atoms with Crippen LogP contribution in [0.15, 0.2) is 18.2 Å². The second kappa shape index (κ2) is 6.65. The molecule has 1 aromatic rings. The van der Waals surface area contributed by atoms with Crippen molar-refractivity contribution in [3.63, 3.8) is 0 Å². The zero-order chi connectivity index (χ0) is 14.5. The summed E-state index contributed by atoms with van der Waals surface area (Å²) >= 11 is 5.90. The number of nitrogens with zero attached hydrogens (tertiary/aromatic N) is 1. The van der Waals surface area contributed by atoms with Crippen LogP contribution in [0.5, 0.6) is 0 Å². The van der Waals surface area contributed by atoms with Gasteiger partial charge in [0, 0.05) is 31.1 Å². The first-order valence-electron chi connectivity index (χ1n) is 6.11. The maximum absolute atomic E-state index is 11.9. The van der Waals surface area contributed by atoms with Crippen molar-refractivity contribution in [1.82, 2.24) is 5.32 Å². The number of morpholine rings is 1. The van der Waals surface area contributed by atoms with Crippen LogP contribution in [0.3, 0.4) is 0 Å². The topological polar surface area (TPSA) is 93.5 Å². The standard InChI is InChI=1S/C12H14ClN3O4/c13-10-6-9(16(18)19)1-2-11(10)15-12(17)5-8-7-20-4-3-14-8/h1-2,6,8,14H,3-5,7H2,(H,15,17). The second-order valence-electron chi connectivity index (χ2n) is 4.40. The minimum Gasteiger partial charge on any atom is -0.378 e. The number of ether oxygens (including phenoxy) is 1. The summed E-state index contributed by atoms with van der Waals surface area (Å²) in [5, 5.41) is 16.5. The van der Waals surface area contributed by atoms with Gasteiger partial charge in [0.25, 0.3) is 5.69 Å². The molecule has 2 N–H and O–H groups in total. The van der Waals surface area contributed by atoms with Crippen molar-refractivity contribution in [3.05, 3.63) is 33.3 Å². The number of benzene rings is 1. The van der Waals surface area contributed by atoms with E-state index in [2.05, 4.69) is 10.6 Å². The second-order valence-corrected chi connectivity index (χ2v) is 4.81. The summed E-state index contributed by atoms with van der Waals surface area (Å²) in [6.45, 7) is 1.85. The summed E-state index contributed by atoms with van der Waals surface area (Å²) < 4.78 is 5.26. The van der Waals surface area contributed by atoms with E-state index in [1.165, 1.54) is 18.2 Å². The molecule has 8 heteroatoms. The number of non-ortho nitro benzene ring substituents is 1. The Morgan fingerprint density at radius 3 is 3.00 bits per heavy atom. The van der Waals surface area contributed by atoms with Gasteiger partial charge in [0.1, 0.15) is 0 Å². The number of nitrogens with one attached hydrogen (secondary N) is 2. The van der Waals surface area contributed by atoms with E-state index < -0.39 is 4.92 Å². The Labute approximate surface area is 120 Å². The van der Waals surface area contributed by atoms with Crippen LogP contribution >= 0.6 is 11.6 Å². The molecule has 1 fully saturated rings. The number of rotatable bonds is 4. The fraction of sp³-hybridized carbons (Fsp3) is 0.417. The van der Waals surface area contributed by atoms with Crippen molar-refractivity contribution in [1.29, 1.82) is 0 Å². The quantitative estimate of drug-likeness (QED) is 0.650. The number of hydrogen-bond acceptors (Lipinski definition) is 5. The van der Waals surface area contributed by atoms with Gasteiger partial charge in [0.15, 0.2) is 0 Å². The highest BCUT2D eigenvalue weighted by Crippen LogP contribution is 2.26. The Kier molecular flexibility index (Phi) is 4.89. The first-order valence-corrected chi connectivity index (χ1v) is 6.49. The first kappa shape index (κ1) is 14.7. The zero-order valence-corrected chi connectivity index (χ0v) is 11.4. The Morgan fingerprint density at radius 2 is 2.40 bits per heavy atom. The number of halogens is 1. The molecule has 1 heterocycles. The Morgan fingerprint density at radius 1 is 1.60 bits per heavy atom. The molecule has 0 saturated carbocycles. The lowest BCUT2D eigenvalue weighted by Crippen LogP contribution is -2.43. The third-order valence-electron chi connectivity index (χ3n) is 2.87. The van der Waals surface area contributed by atoms with Crippen molar-refractivity contribution in [3.8, 4) is 0 Å². The van der Waals surface area contributed by atoms with Gasteiger partial charge in [-0.1, -0.05) is 11.6 Å². The molecule has 1 aromatic carbocycles. The van der Waals surface area contributed by atoms with Gasteiger partial charge < -0.3 is 15.4 Å². The van der Waals surface area contributed by atoms with Crippen LogP contribution in [-0.4, -0.2) is 36.6 Å². The summed E-state index contributed by atoms with van der Waals surface area (Å²) in [7, 11) is 0. The third-order valence-corrected chi connectivity index (χ3v) is 3.18. The zero-order valence-electron chi connectivity index (χ0n) is 10.6. The molecule has 0 spiro atoms. The highest BCUT2D eigenvalue weighted by atomic mass is 35.5. The van der Waals surface area contributed by atoms with Gasteiger partial charge in [0.2, 0.25) is 5.91 Å². The lowest BCUT2D eigenvalue weighted by Gasteiger charge is -2.23. The number of hydrogen-bond donors (Lipinski definition) is 2. The number of amides is 1. The third kappa shape index (κ3) is 3.89. The number of anilines is 1. The predicted molar refractivity (Wildman–Crippen MR) is 74.0 cm³/mol. The molecular formula is C12H14ClN3O4. The summed E-state index contributed by atoms with van der Waals surface area (Å²) in [5.41, 5.74) is 0.245. The lowest BCUT2D eigenvalue weighted by molar-refractivity contribution is -0.384. The first-order chi connectivity index (χ1) is 9.56. The van der Waals surface area contributed by atoms with Crippen LogP contribution in [0.25, 0.3) is 0 Å². The Bertz CT molecular complexity index is 517. The molecule has 2 rings (SSSR count). The van der Waals surface area contributed by atoms with Crippen molar-refractivity contribution in [2.45, 2.75) is 12.5 Å². The molecular weight excluding hydrogens is 286 g/mol. The summed E-state index contributed by atoms with van der Waals surface area (Å²) in [4.78, 5) is 21.9. The molecule has 0 aliphatic carbocycles. The van der Waals surface area contributed by atoms with E-state index in [-0.39, 0.29) is 29.1 Å². The molecule has 0 radical (unpaired) electrons. The van der Waals surface area contributed by atoms with Crippen LogP contribution in [0.4, 0.5) is 11.4 Å². The van der Waals surface area contributed by atoms with Gasteiger partial charge in [-0.3, -0.25) is 14.9 Å². The minimum atomic E-state index is -0.541. The maximum atomic E-state index is 11.9. The van der Waals surface area contributed by atoms with Crippen molar-refractivity contribution in [2.24, 2.45) is 0 Å². The lowest BCUT2D eigenvalue weighted by atomic mass is 10.2. The largest absolute Gasteiger partial charge is 0.378 e. The average Bonchev–Trinajstić information content (AvgIpc) is 2.42. The van der Waals surface area contributed by atoms with Crippen LogP contribution in [-0.2, 0) is 9.53 Å². The van der Waals surface area contributed by atoms with Crippen LogP contribution in [0, 0.1) is 10.1 Å². The summed E-state index contributed by atoms with van der Waals surface area (Å²) in [6, 6.07) is 3.90.